The van der Waals surface area contributed by atoms with Crippen molar-refractivity contribution in [3.05, 3.63) is 59.7 Å². The van der Waals surface area contributed by atoms with Crippen molar-refractivity contribution in [1.29, 1.82) is 0 Å². The summed E-state index contributed by atoms with van der Waals surface area (Å²) in [5, 5.41) is 9.34. The van der Waals surface area contributed by atoms with E-state index in [1.807, 2.05) is 49.4 Å². The molecule has 0 fully saturated rings. The van der Waals surface area contributed by atoms with E-state index in [1.165, 1.54) is 0 Å². The maximum absolute atomic E-state index is 11.4. The first-order valence-electron chi connectivity index (χ1n) is 6.67. The average molecular weight is 286 g/mol. The van der Waals surface area contributed by atoms with Crippen LogP contribution >= 0.6 is 0 Å². The van der Waals surface area contributed by atoms with Crippen LogP contribution in [-0.4, -0.2) is 24.3 Å². The monoisotopic (exact) mass is 286 g/mol. The van der Waals surface area contributed by atoms with Crippen molar-refractivity contribution in [1.82, 2.24) is 0 Å². The molecule has 2 aromatic rings. The quantitative estimate of drug-likeness (QED) is 0.886. The zero-order chi connectivity index (χ0) is 15.2. The largest absolute Gasteiger partial charge is 0.497 e. The molecule has 1 atom stereocenters. The van der Waals surface area contributed by atoms with E-state index in [-0.39, 0.29) is 6.42 Å². The Morgan fingerprint density at radius 1 is 1.14 bits per heavy atom. The topological polar surface area (TPSA) is 55.8 Å². The SMILES string of the molecule is COc1cccc(CC(Oc2cccc(C)c2)C(=O)O)c1. The summed E-state index contributed by atoms with van der Waals surface area (Å²) in [5.41, 5.74) is 1.88. The first kappa shape index (κ1) is 14.9. The molecule has 0 aliphatic rings. The van der Waals surface area contributed by atoms with Gasteiger partial charge in [-0.2, -0.15) is 0 Å². The molecule has 0 saturated carbocycles. The average Bonchev–Trinajstić information content (AvgIpc) is 2.47. The van der Waals surface area contributed by atoms with Gasteiger partial charge in [0.15, 0.2) is 6.10 Å². The van der Waals surface area contributed by atoms with Crippen LogP contribution in [0.15, 0.2) is 48.5 Å². The van der Waals surface area contributed by atoms with Gasteiger partial charge < -0.3 is 14.6 Å². The summed E-state index contributed by atoms with van der Waals surface area (Å²) in [7, 11) is 1.58. The Bertz CT molecular complexity index is 622. The van der Waals surface area contributed by atoms with E-state index < -0.39 is 12.1 Å². The molecule has 0 heterocycles. The second-order valence-corrected chi connectivity index (χ2v) is 4.82. The number of carboxylic acids is 1. The third kappa shape index (κ3) is 4.24. The van der Waals surface area contributed by atoms with Crippen LogP contribution in [0.4, 0.5) is 0 Å². The molecule has 1 unspecified atom stereocenters. The van der Waals surface area contributed by atoms with Crippen molar-refractivity contribution >= 4 is 5.97 Å². The van der Waals surface area contributed by atoms with Crippen LogP contribution in [-0.2, 0) is 11.2 Å². The Kier molecular flexibility index (Phi) is 4.82. The van der Waals surface area contributed by atoms with Crippen molar-refractivity contribution in [3.63, 3.8) is 0 Å². The number of hydrogen-bond acceptors (Lipinski definition) is 3. The molecular formula is C17H18O4. The van der Waals surface area contributed by atoms with Crippen LogP contribution in [0.25, 0.3) is 0 Å². The standard InChI is InChI=1S/C17H18O4/c1-12-5-3-8-15(9-12)21-16(17(18)19)11-13-6-4-7-14(10-13)20-2/h3-10,16H,11H2,1-2H3,(H,18,19). The van der Waals surface area contributed by atoms with Crippen LogP contribution in [0.1, 0.15) is 11.1 Å². The Balaban J connectivity index is 2.13. The highest BCUT2D eigenvalue weighted by Crippen LogP contribution is 2.18. The van der Waals surface area contributed by atoms with Crippen LogP contribution in [0.2, 0.25) is 0 Å². The Morgan fingerprint density at radius 2 is 1.86 bits per heavy atom. The molecule has 0 amide bonds. The third-order valence-corrected chi connectivity index (χ3v) is 3.10. The first-order valence-corrected chi connectivity index (χ1v) is 6.67. The zero-order valence-electron chi connectivity index (χ0n) is 12.1. The van der Waals surface area contributed by atoms with Crippen LogP contribution in [0.3, 0.4) is 0 Å². The number of aliphatic carboxylic acids is 1. The normalized spacial score (nSPS) is 11.7. The molecule has 4 nitrogen and oxygen atoms in total. The maximum atomic E-state index is 11.4. The van der Waals surface area contributed by atoms with Gasteiger partial charge in [0.05, 0.1) is 7.11 Å². The van der Waals surface area contributed by atoms with E-state index in [4.69, 9.17) is 9.47 Å². The summed E-state index contributed by atoms with van der Waals surface area (Å²) in [4.78, 5) is 11.4. The molecule has 0 aromatic heterocycles. The van der Waals surface area contributed by atoms with Crippen molar-refractivity contribution in [2.75, 3.05) is 7.11 Å². The minimum atomic E-state index is -0.987. The lowest BCUT2D eigenvalue weighted by Crippen LogP contribution is -2.29. The fourth-order valence-electron chi connectivity index (χ4n) is 2.05. The minimum absolute atomic E-state index is 0.278. The van der Waals surface area contributed by atoms with Gasteiger partial charge in [0.2, 0.25) is 0 Å². The van der Waals surface area contributed by atoms with Gasteiger partial charge in [0.1, 0.15) is 11.5 Å². The fraction of sp³-hybridized carbons (Fsp3) is 0.235. The number of benzene rings is 2. The second kappa shape index (κ2) is 6.79. The van der Waals surface area contributed by atoms with Gasteiger partial charge in [-0.05, 0) is 42.3 Å². The summed E-state index contributed by atoms with van der Waals surface area (Å²) in [5.74, 6) is 0.275. The smallest absolute Gasteiger partial charge is 0.345 e. The fourth-order valence-corrected chi connectivity index (χ4v) is 2.05. The van der Waals surface area contributed by atoms with Gasteiger partial charge in [-0.3, -0.25) is 0 Å². The van der Waals surface area contributed by atoms with Crippen LogP contribution in [0, 0.1) is 6.92 Å². The van der Waals surface area contributed by atoms with Crippen molar-refractivity contribution in [2.45, 2.75) is 19.4 Å². The molecule has 0 aliphatic carbocycles. The van der Waals surface area contributed by atoms with Crippen molar-refractivity contribution < 1.29 is 19.4 Å². The van der Waals surface area contributed by atoms with Crippen LogP contribution in [0.5, 0.6) is 11.5 Å². The third-order valence-electron chi connectivity index (χ3n) is 3.10. The Morgan fingerprint density at radius 3 is 2.52 bits per heavy atom. The summed E-state index contributed by atoms with van der Waals surface area (Å²) >= 11 is 0. The van der Waals surface area contributed by atoms with Gasteiger partial charge in [-0.25, -0.2) is 4.79 Å². The van der Waals surface area contributed by atoms with Gasteiger partial charge in [0, 0.05) is 6.42 Å². The maximum Gasteiger partial charge on any atom is 0.345 e. The highest BCUT2D eigenvalue weighted by atomic mass is 16.5. The molecule has 0 aliphatic heterocycles. The molecule has 2 aromatic carbocycles. The number of rotatable bonds is 6. The number of ether oxygens (including phenoxy) is 2. The molecule has 0 radical (unpaired) electrons. The molecule has 0 spiro atoms. The minimum Gasteiger partial charge on any atom is -0.497 e. The highest BCUT2D eigenvalue weighted by Gasteiger charge is 2.20. The summed E-state index contributed by atoms with van der Waals surface area (Å²) < 4.78 is 10.7. The lowest BCUT2D eigenvalue weighted by atomic mass is 10.1. The molecule has 21 heavy (non-hydrogen) atoms. The molecule has 1 N–H and O–H groups in total. The molecule has 0 saturated heterocycles. The number of carboxylic acid groups (broad SMARTS) is 1. The lowest BCUT2D eigenvalue weighted by molar-refractivity contribution is -0.145. The number of aryl methyl sites for hydroxylation is 1. The van der Waals surface area contributed by atoms with Crippen molar-refractivity contribution in [2.24, 2.45) is 0 Å². The molecule has 0 bridgehead atoms. The predicted molar refractivity (Wildman–Crippen MR) is 79.9 cm³/mol. The Labute approximate surface area is 123 Å². The van der Waals surface area contributed by atoms with E-state index in [1.54, 1.807) is 13.2 Å². The van der Waals surface area contributed by atoms with Gasteiger partial charge in [0.25, 0.3) is 0 Å². The molecule has 2 rings (SSSR count). The molecule has 4 heteroatoms. The Hall–Kier alpha value is -2.49. The van der Waals surface area contributed by atoms with E-state index in [0.29, 0.717) is 11.5 Å². The van der Waals surface area contributed by atoms with Crippen LogP contribution < -0.4 is 9.47 Å². The van der Waals surface area contributed by atoms with Gasteiger partial charge >= 0.3 is 5.97 Å². The van der Waals surface area contributed by atoms with E-state index in [0.717, 1.165) is 11.1 Å². The van der Waals surface area contributed by atoms with Gasteiger partial charge in [-0.15, -0.1) is 0 Å². The molecule has 110 valence electrons. The van der Waals surface area contributed by atoms with E-state index >= 15 is 0 Å². The molecular weight excluding hydrogens is 268 g/mol. The number of carbonyl (C=O) groups is 1. The predicted octanol–water partition coefficient (Wildman–Crippen LogP) is 3.08. The van der Waals surface area contributed by atoms with Crippen molar-refractivity contribution in [3.8, 4) is 11.5 Å². The summed E-state index contributed by atoms with van der Waals surface area (Å²) in [6, 6.07) is 14.7. The number of methoxy groups -OCH3 is 1. The summed E-state index contributed by atoms with van der Waals surface area (Å²) in [6.07, 6.45) is -0.653. The lowest BCUT2D eigenvalue weighted by Gasteiger charge is -2.16. The van der Waals surface area contributed by atoms with E-state index in [9.17, 15) is 9.90 Å². The second-order valence-electron chi connectivity index (χ2n) is 4.82. The number of hydrogen-bond donors (Lipinski definition) is 1. The van der Waals surface area contributed by atoms with Gasteiger partial charge in [-0.1, -0.05) is 24.3 Å². The van der Waals surface area contributed by atoms with E-state index in [2.05, 4.69) is 0 Å². The zero-order valence-corrected chi connectivity index (χ0v) is 12.1. The highest BCUT2D eigenvalue weighted by molar-refractivity contribution is 5.73. The first-order chi connectivity index (χ1) is 10.1. The summed E-state index contributed by atoms with van der Waals surface area (Å²) in [6.45, 7) is 1.94.